The maximum Gasteiger partial charge on any atom is 0.319 e. The Labute approximate surface area is 103 Å². The van der Waals surface area contributed by atoms with Crippen LogP contribution in [0.15, 0.2) is 22.2 Å². The number of hydrogen-bond acceptors (Lipinski definition) is 4. The molecule has 1 aromatic heterocycles. The van der Waals surface area contributed by atoms with Gasteiger partial charge in [0.25, 0.3) is 5.56 Å². The van der Waals surface area contributed by atoms with E-state index < -0.39 is 10.7 Å². The van der Waals surface area contributed by atoms with Gasteiger partial charge in [-0.3, -0.25) is 9.59 Å². The molecular formula is C11H14N2O3S. The van der Waals surface area contributed by atoms with Crippen LogP contribution in [-0.4, -0.2) is 25.4 Å². The van der Waals surface area contributed by atoms with Crippen molar-refractivity contribution in [2.45, 2.75) is 42.5 Å². The van der Waals surface area contributed by atoms with Gasteiger partial charge in [-0.2, -0.15) is 0 Å². The fourth-order valence-corrected chi connectivity index (χ4v) is 2.28. The predicted octanol–water partition coefficient (Wildman–Crippen LogP) is 1.53. The Morgan fingerprint density at radius 1 is 1.59 bits per heavy atom. The molecular weight excluding hydrogens is 240 g/mol. The summed E-state index contributed by atoms with van der Waals surface area (Å²) in [6.07, 6.45) is 5.24. The van der Waals surface area contributed by atoms with Crippen molar-refractivity contribution in [2.24, 2.45) is 0 Å². The summed E-state index contributed by atoms with van der Waals surface area (Å²) in [6, 6.07) is 0.276. The van der Waals surface area contributed by atoms with Crippen molar-refractivity contribution in [3.8, 4) is 0 Å². The normalized spacial score (nSPS) is 15.9. The Morgan fingerprint density at radius 2 is 2.24 bits per heavy atom. The molecule has 0 aliphatic heterocycles. The van der Waals surface area contributed by atoms with Gasteiger partial charge in [-0.15, -0.1) is 0 Å². The molecule has 1 aliphatic rings. The van der Waals surface area contributed by atoms with E-state index in [0.29, 0.717) is 0 Å². The number of carboxylic acid groups (broad SMARTS) is 1. The Balaban J connectivity index is 2.30. The van der Waals surface area contributed by atoms with Gasteiger partial charge in [0.15, 0.2) is 5.03 Å². The molecule has 1 saturated carbocycles. The number of carbonyl (C=O) groups is 1. The van der Waals surface area contributed by atoms with Crippen LogP contribution in [0.5, 0.6) is 0 Å². The minimum Gasteiger partial charge on any atom is -0.480 e. The molecule has 1 fully saturated rings. The van der Waals surface area contributed by atoms with Crippen molar-refractivity contribution in [3.63, 3.8) is 0 Å². The van der Waals surface area contributed by atoms with Crippen LogP contribution in [0.4, 0.5) is 0 Å². The molecule has 0 amide bonds. The van der Waals surface area contributed by atoms with Gasteiger partial charge in [-0.25, -0.2) is 4.98 Å². The molecule has 0 atom stereocenters. The van der Waals surface area contributed by atoms with Crippen LogP contribution in [0.2, 0.25) is 0 Å². The van der Waals surface area contributed by atoms with Crippen LogP contribution in [0.1, 0.15) is 32.7 Å². The van der Waals surface area contributed by atoms with Crippen molar-refractivity contribution in [3.05, 3.63) is 22.7 Å². The first-order chi connectivity index (χ1) is 7.92. The van der Waals surface area contributed by atoms with Gasteiger partial charge in [0.05, 0.1) is 0 Å². The number of nitrogens with zero attached hydrogens (tertiary/aromatic N) is 2. The highest BCUT2D eigenvalue weighted by Gasteiger charge is 2.32. The molecule has 2 rings (SSSR count). The molecule has 5 nitrogen and oxygen atoms in total. The second-order valence-electron chi connectivity index (χ2n) is 4.59. The van der Waals surface area contributed by atoms with Gasteiger partial charge in [-0.05, 0) is 26.7 Å². The van der Waals surface area contributed by atoms with Crippen molar-refractivity contribution in [1.29, 1.82) is 0 Å². The third-order valence-corrected chi connectivity index (χ3v) is 3.80. The Morgan fingerprint density at radius 3 is 2.76 bits per heavy atom. The van der Waals surface area contributed by atoms with Crippen molar-refractivity contribution in [1.82, 2.24) is 9.55 Å². The molecule has 92 valence electrons. The summed E-state index contributed by atoms with van der Waals surface area (Å²) in [7, 11) is 0. The smallest absolute Gasteiger partial charge is 0.319 e. The monoisotopic (exact) mass is 254 g/mol. The molecule has 6 heteroatoms. The second-order valence-corrected chi connectivity index (χ2v) is 6.20. The van der Waals surface area contributed by atoms with Crippen molar-refractivity contribution >= 4 is 17.7 Å². The van der Waals surface area contributed by atoms with E-state index in [4.69, 9.17) is 5.11 Å². The number of hydrogen-bond donors (Lipinski definition) is 1. The minimum atomic E-state index is -1.05. The molecule has 17 heavy (non-hydrogen) atoms. The molecule has 0 saturated heterocycles. The topological polar surface area (TPSA) is 72.2 Å². The van der Waals surface area contributed by atoms with E-state index in [1.165, 1.54) is 0 Å². The van der Waals surface area contributed by atoms with Crippen LogP contribution in [0, 0.1) is 0 Å². The Bertz CT molecular complexity index is 506. The predicted molar refractivity (Wildman–Crippen MR) is 64.3 cm³/mol. The second kappa shape index (κ2) is 4.18. The molecule has 1 heterocycles. The number of aromatic nitrogens is 2. The number of aliphatic carboxylic acids is 1. The van der Waals surface area contributed by atoms with E-state index in [1.54, 1.807) is 30.8 Å². The van der Waals surface area contributed by atoms with Crippen LogP contribution in [0.3, 0.4) is 0 Å². The van der Waals surface area contributed by atoms with Gasteiger partial charge < -0.3 is 9.67 Å². The van der Waals surface area contributed by atoms with Crippen molar-refractivity contribution < 1.29 is 9.90 Å². The van der Waals surface area contributed by atoms with E-state index in [1.807, 2.05) is 0 Å². The SMILES string of the molecule is CC(C)(Sc1nccn(C2CC2)c1=O)C(=O)O. The summed E-state index contributed by atoms with van der Waals surface area (Å²) < 4.78 is 0.599. The number of rotatable bonds is 4. The van der Waals surface area contributed by atoms with E-state index >= 15 is 0 Å². The van der Waals surface area contributed by atoms with Crippen LogP contribution < -0.4 is 5.56 Å². The van der Waals surface area contributed by atoms with Gasteiger partial charge in [0, 0.05) is 18.4 Å². The van der Waals surface area contributed by atoms with Gasteiger partial charge >= 0.3 is 5.97 Å². The first kappa shape index (κ1) is 12.2. The summed E-state index contributed by atoms with van der Waals surface area (Å²) in [5, 5.41) is 9.28. The quantitative estimate of drug-likeness (QED) is 0.825. The summed E-state index contributed by atoms with van der Waals surface area (Å²) in [5.41, 5.74) is -0.186. The molecule has 0 aromatic carbocycles. The zero-order chi connectivity index (χ0) is 12.6. The maximum atomic E-state index is 12.0. The lowest BCUT2D eigenvalue weighted by Gasteiger charge is -2.17. The summed E-state index contributed by atoms with van der Waals surface area (Å²) in [5.74, 6) is -0.953. The average molecular weight is 254 g/mol. The summed E-state index contributed by atoms with van der Waals surface area (Å²) in [4.78, 5) is 27.0. The molecule has 0 unspecified atom stereocenters. The fourth-order valence-electron chi connectivity index (χ4n) is 1.40. The van der Waals surface area contributed by atoms with E-state index in [0.717, 1.165) is 24.6 Å². The largest absolute Gasteiger partial charge is 0.480 e. The van der Waals surface area contributed by atoms with Gasteiger partial charge in [0.2, 0.25) is 0 Å². The zero-order valence-corrected chi connectivity index (χ0v) is 10.5. The standard InChI is InChI=1S/C11H14N2O3S/c1-11(2,10(15)16)17-8-9(14)13(6-5-12-8)7-3-4-7/h5-7H,3-4H2,1-2H3,(H,15,16). The summed E-state index contributed by atoms with van der Waals surface area (Å²) in [6.45, 7) is 3.13. The average Bonchev–Trinajstić information content (AvgIpc) is 3.04. The third-order valence-electron chi connectivity index (χ3n) is 2.64. The van der Waals surface area contributed by atoms with E-state index in [-0.39, 0.29) is 16.6 Å². The van der Waals surface area contributed by atoms with Crippen molar-refractivity contribution in [2.75, 3.05) is 0 Å². The number of carboxylic acids is 1. The number of thioether (sulfide) groups is 1. The first-order valence-electron chi connectivity index (χ1n) is 5.41. The highest BCUT2D eigenvalue weighted by molar-refractivity contribution is 8.01. The lowest BCUT2D eigenvalue weighted by molar-refractivity contribution is -0.138. The lowest BCUT2D eigenvalue weighted by Crippen LogP contribution is -2.30. The van der Waals surface area contributed by atoms with Crippen LogP contribution >= 0.6 is 11.8 Å². The van der Waals surface area contributed by atoms with Gasteiger partial charge in [0.1, 0.15) is 4.75 Å². The first-order valence-corrected chi connectivity index (χ1v) is 6.23. The summed E-state index contributed by atoms with van der Waals surface area (Å²) >= 11 is 0.996. The molecule has 1 N–H and O–H groups in total. The molecule has 0 radical (unpaired) electrons. The minimum absolute atomic E-state index is 0.186. The molecule has 1 aromatic rings. The van der Waals surface area contributed by atoms with Crippen LogP contribution in [-0.2, 0) is 4.79 Å². The highest BCUT2D eigenvalue weighted by atomic mass is 32.2. The molecule has 1 aliphatic carbocycles. The van der Waals surface area contributed by atoms with E-state index in [2.05, 4.69) is 4.98 Å². The molecule has 0 spiro atoms. The third kappa shape index (κ3) is 2.52. The Hall–Kier alpha value is -1.30. The molecule has 0 bridgehead atoms. The van der Waals surface area contributed by atoms with E-state index in [9.17, 15) is 9.59 Å². The maximum absolute atomic E-state index is 12.0. The Kier molecular flexibility index (Phi) is 2.99. The van der Waals surface area contributed by atoms with Crippen LogP contribution in [0.25, 0.3) is 0 Å². The fraction of sp³-hybridized carbons (Fsp3) is 0.545. The zero-order valence-electron chi connectivity index (χ0n) is 9.71. The van der Waals surface area contributed by atoms with Gasteiger partial charge in [-0.1, -0.05) is 11.8 Å². The lowest BCUT2D eigenvalue weighted by atomic mass is 10.2. The highest BCUT2D eigenvalue weighted by Crippen LogP contribution is 2.34.